The molecule has 0 saturated carbocycles. The Morgan fingerprint density at radius 1 is 0.875 bits per heavy atom. The van der Waals surface area contributed by atoms with Crippen molar-refractivity contribution in [2.75, 3.05) is 4.72 Å². The maximum atomic E-state index is 14.1. The topological polar surface area (TPSA) is 108 Å². The first-order valence-corrected chi connectivity index (χ1v) is 17.6. The van der Waals surface area contributed by atoms with Crippen LogP contribution in [0.5, 0.6) is 0 Å². The maximum absolute atomic E-state index is 14.1. The summed E-state index contributed by atoms with van der Waals surface area (Å²) in [6, 6.07) is 31.6. The lowest BCUT2D eigenvalue weighted by Crippen LogP contribution is -2.27. The smallest absolute Gasteiger partial charge is 0.279 e. The van der Waals surface area contributed by atoms with Crippen molar-refractivity contribution >= 4 is 60.5 Å². The molecule has 0 radical (unpaired) electrons. The lowest BCUT2D eigenvalue weighted by molar-refractivity contribution is -0.113. The van der Waals surface area contributed by atoms with Gasteiger partial charge in [-0.2, -0.15) is 5.10 Å². The van der Waals surface area contributed by atoms with Gasteiger partial charge in [-0.3, -0.25) is 14.3 Å². The van der Waals surface area contributed by atoms with Crippen molar-refractivity contribution in [2.24, 2.45) is 16.0 Å². The number of carbonyl (C=O) groups excluding carboxylic acids is 2. The number of hydrogen-bond acceptors (Lipinski definition) is 5. The number of fused-ring (bicyclic) bond motifs is 1. The fourth-order valence-corrected chi connectivity index (χ4v) is 7.55. The highest BCUT2D eigenvalue weighted by Gasteiger charge is 2.40. The number of aryl methyl sites for hydroxylation is 1. The van der Waals surface area contributed by atoms with Gasteiger partial charge in [-0.25, -0.2) is 18.4 Å². The second-order valence-corrected chi connectivity index (χ2v) is 14.3. The minimum absolute atomic E-state index is 0.142. The largest absolute Gasteiger partial charge is 0.280 e. The zero-order chi connectivity index (χ0) is 33.4. The lowest BCUT2D eigenvalue weighted by atomic mass is 9.79. The van der Waals surface area contributed by atoms with Gasteiger partial charge in [-0.15, -0.1) is 0 Å². The van der Waals surface area contributed by atoms with Gasteiger partial charge in [0.1, 0.15) is 0 Å². The molecule has 2 unspecified atom stereocenters. The van der Waals surface area contributed by atoms with E-state index in [-0.39, 0.29) is 16.7 Å². The number of sulfonamides is 1. The van der Waals surface area contributed by atoms with Crippen LogP contribution in [0.2, 0.25) is 0 Å². The molecule has 0 aromatic heterocycles. The van der Waals surface area contributed by atoms with Gasteiger partial charge < -0.3 is 0 Å². The molecule has 3 aliphatic rings. The average Bonchev–Trinajstić information content (AvgIpc) is 3.54. The van der Waals surface area contributed by atoms with Gasteiger partial charge in [0.15, 0.2) is 0 Å². The molecule has 1 aliphatic carbocycles. The molecule has 238 valence electrons. The number of benzene rings is 4. The zero-order valence-electron chi connectivity index (χ0n) is 25.7. The summed E-state index contributed by atoms with van der Waals surface area (Å²) >= 11 is 3.59. The Bertz CT molecular complexity index is 2190. The van der Waals surface area contributed by atoms with Crippen molar-refractivity contribution < 1.29 is 18.0 Å². The molecule has 0 bridgehead atoms. The van der Waals surface area contributed by atoms with Crippen molar-refractivity contribution in [2.45, 2.75) is 24.3 Å². The third kappa shape index (κ3) is 6.12. The van der Waals surface area contributed by atoms with Gasteiger partial charge >= 0.3 is 0 Å². The molecular weight excluding hydrogens is 688 g/mol. The van der Waals surface area contributed by atoms with E-state index < -0.39 is 22.0 Å². The van der Waals surface area contributed by atoms with Crippen molar-refractivity contribution in [1.82, 2.24) is 5.01 Å². The van der Waals surface area contributed by atoms with Crippen molar-refractivity contribution in [1.29, 1.82) is 0 Å². The van der Waals surface area contributed by atoms with Crippen LogP contribution in [0.25, 0.3) is 5.57 Å². The van der Waals surface area contributed by atoms with Gasteiger partial charge in [-0.1, -0.05) is 100 Å². The van der Waals surface area contributed by atoms with Crippen LogP contribution in [0.1, 0.15) is 39.5 Å². The Morgan fingerprint density at radius 2 is 1.54 bits per heavy atom. The molecule has 2 atom stereocenters. The maximum Gasteiger partial charge on any atom is 0.279 e. The van der Waals surface area contributed by atoms with Crippen molar-refractivity contribution in [3.8, 4) is 0 Å². The standard InChI is InChI=1S/C38H29BrN4O4S/c1-24-12-19-30(20-13-24)48(46,47)42-29-17-14-27(15-18-29)38(45)43-34(25-8-4-2-5-9-25)23-33(41-43)36-35(26-10-6-3-7-11-26)31-22-28(39)16-21-32(31)40-37(36)44/h2-22,31,34,42H,23H2,1H3. The zero-order valence-corrected chi connectivity index (χ0v) is 28.1. The van der Waals surface area contributed by atoms with Crippen LogP contribution in [0.3, 0.4) is 0 Å². The Hall–Kier alpha value is -5.19. The normalized spacial score (nSPS) is 19.0. The number of nitrogens with zero attached hydrogens (tertiary/aromatic N) is 3. The van der Waals surface area contributed by atoms with E-state index in [9.17, 15) is 18.0 Å². The first kappa shape index (κ1) is 31.4. The van der Waals surface area contributed by atoms with E-state index in [2.05, 4.69) is 25.6 Å². The van der Waals surface area contributed by atoms with E-state index in [1.54, 1.807) is 48.5 Å². The highest BCUT2D eigenvalue weighted by molar-refractivity contribution is 9.11. The monoisotopic (exact) mass is 716 g/mol. The summed E-state index contributed by atoms with van der Waals surface area (Å²) in [5, 5.41) is 6.27. The quantitative estimate of drug-likeness (QED) is 0.212. The minimum atomic E-state index is -3.81. The molecule has 8 nitrogen and oxygen atoms in total. The highest BCUT2D eigenvalue weighted by Crippen LogP contribution is 2.41. The first-order valence-electron chi connectivity index (χ1n) is 15.3. The van der Waals surface area contributed by atoms with E-state index in [4.69, 9.17) is 5.10 Å². The number of carbonyl (C=O) groups is 2. The van der Waals surface area contributed by atoms with Gasteiger partial charge in [-0.05, 0) is 72.2 Å². The highest BCUT2D eigenvalue weighted by atomic mass is 79.9. The summed E-state index contributed by atoms with van der Waals surface area (Å²) in [7, 11) is -3.81. The Morgan fingerprint density at radius 3 is 2.23 bits per heavy atom. The SMILES string of the molecule is Cc1ccc(S(=O)(=O)Nc2ccc(C(=O)N3N=C(C4=C(c5ccccc5)C5C=C(Br)C=CC5=NC4=O)CC3c3ccccc3)cc2)cc1. The number of allylic oxidation sites excluding steroid dienone is 5. The molecule has 48 heavy (non-hydrogen) atoms. The molecule has 4 aromatic carbocycles. The number of hydrazone groups is 1. The molecule has 1 N–H and O–H groups in total. The molecule has 7 rings (SSSR count). The second-order valence-electron chi connectivity index (χ2n) is 11.7. The number of rotatable bonds is 7. The predicted octanol–water partition coefficient (Wildman–Crippen LogP) is 7.64. The molecule has 2 aliphatic heterocycles. The van der Waals surface area contributed by atoms with Gasteiger partial charge in [0.2, 0.25) is 0 Å². The third-order valence-corrected chi connectivity index (χ3v) is 10.4. The summed E-state index contributed by atoms with van der Waals surface area (Å²) in [4.78, 5) is 32.5. The summed E-state index contributed by atoms with van der Waals surface area (Å²) in [5.74, 6) is -1.07. The summed E-state index contributed by atoms with van der Waals surface area (Å²) < 4.78 is 29.3. The lowest BCUT2D eigenvalue weighted by Gasteiger charge is -2.27. The molecule has 2 amide bonds. The molecule has 0 spiro atoms. The van der Waals surface area contributed by atoms with E-state index in [1.165, 1.54) is 5.01 Å². The van der Waals surface area contributed by atoms with Gasteiger partial charge in [0, 0.05) is 28.1 Å². The van der Waals surface area contributed by atoms with Crippen LogP contribution in [0.4, 0.5) is 5.69 Å². The van der Waals surface area contributed by atoms with Crippen molar-refractivity contribution in [3.05, 3.63) is 160 Å². The fraction of sp³-hybridized carbons (Fsp3) is 0.105. The van der Waals surface area contributed by atoms with Crippen LogP contribution in [0.15, 0.2) is 152 Å². The molecule has 0 saturated heterocycles. The summed E-state index contributed by atoms with van der Waals surface area (Å²) in [5.41, 5.74) is 5.62. The number of amides is 2. The Kier molecular flexibility index (Phi) is 8.36. The molecule has 2 heterocycles. The van der Waals surface area contributed by atoms with E-state index >= 15 is 0 Å². The molecular formula is C38H29BrN4O4S. The molecule has 0 fully saturated rings. The minimum Gasteiger partial charge on any atom is -0.280 e. The number of hydrogen-bond donors (Lipinski definition) is 1. The van der Waals surface area contributed by atoms with Gasteiger partial charge in [0.25, 0.3) is 21.8 Å². The van der Waals surface area contributed by atoms with Gasteiger partial charge in [0.05, 0.1) is 27.9 Å². The van der Waals surface area contributed by atoms with Crippen molar-refractivity contribution in [3.63, 3.8) is 0 Å². The van der Waals surface area contributed by atoms with E-state index in [1.807, 2.05) is 85.8 Å². The second kappa shape index (κ2) is 12.8. The number of anilines is 1. The summed E-state index contributed by atoms with van der Waals surface area (Å²) in [6.07, 6.45) is 6.04. The predicted molar refractivity (Wildman–Crippen MR) is 191 cm³/mol. The first-order chi connectivity index (χ1) is 23.2. The Balaban J connectivity index is 1.26. The van der Waals surface area contributed by atoms with Crippen LogP contribution in [-0.2, 0) is 14.8 Å². The molecule has 10 heteroatoms. The number of halogens is 1. The molecule has 4 aromatic rings. The van der Waals surface area contributed by atoms with Crippen LogP contribution < -0.4 is 4.72 Å². The van der Waals surface area contributed by atoms with E-state index in [0.29, 0.717) is 34.7 Å². The average molecular weight is 718 g/mol. The van der Waals surface area contributed by atoms with Crippen LogP contribution in [-0.4, -0.2) is 36.7 Å². The Labute approximate surface area is 287 Å². The number of dihydropyridines is 1. The van der Waals surface area contributed by atoms with E-state index in [0.717, 1.165) is 26.7 Å². The number of nitrogens with one attached hydrogen (secondary N) is 1. The van der Waals surface area contributed by atoms with Crippen LogP contribution in [0, 0.1) is 12.8 Å². The fourth-order valence-electron chi connectivity index (χ4n) is 6.10. The number of aliphatic imine (C=N–C) groups is 1. The van der Waals surface area contributed by atoms with Crippen LogP contribution >= 0.6 is 15.9 Å². The third-order valence-electron chi connectivity index (χ3n) is 8.47. The summed E-state index contributed by atoms with van der Waals surface area (Å²) in [6.45, 7) is 1.88.